The summed E-state index contributed by atoms with van der Waals surface area (Å²) < 4.78 is 53.2. The zero-order valence-corrected chi connectivity index (χ0v) is 16.5. The molecule has 2 heterocycles. The highest BCUT2D eigenvalue weighted by Crippen LogP contribution is 2.36. The molecule has 0 saturated carbocycles. The Hall–Kier alpha value is -3.20. The van der Waals surface area contributed by atoms with Crippen molar-refractivity contribution in [2.75, 3.05) is 11.1 Å². The SMILES string of the molecule is Cc1cnc(C)c(N)c1-c1cc(Cl)c(C(=O)Nc2ccnc(C(F)(F)F)c2)cc1F. The standard InChI is InChI=1S/C20H15ClF4N4O/c1-9-8-28-10(2)18(26)17(9)13-6-14(21)12(7-15(13)22)19(30)29-11-3-4-27-16(5-11)20(23,24)25/h3-8H,26H2,1-2H3,(H,27,29,30). The Balaban J connectivity index is 1.97. The molecule has 0 saturated heterocycles. The van der Waals surface area contributed by atoms with Crippen LogP contribution in [0.2, 0.25) is 5.02 Å². The van der Waals surface area contributed by atoms with Crippen LogP contribution in [0, 0.1) is 19.7 Å². The molecule has 0 spiro atoms. The van der Waals surface area contributed by atoms with Crippen molar-refractivity contribution in [1.82, 2.24) is 9.97 Å². The zero-order valence-electron chi connectivity index (χ0n) is 15.7. The van der Waals surface area contributed by atoms with Crippen LogP contribution in [0.15, 0.2) is 36.7 Å². The van der Waals surface area contributed by atoms with Crippen LogP contribution in [-0.4, -0.2) is 15.9 Å². The third-order valence-electron chi connectivity index (χ3n) is 4.38. The van der Waals surface area contributed by atoms with Crippen LogP contribution in [0.3, 0.4) is 0 Å². The molecule has 10 heteroatoms. The number of nitrogens with two attached hydrogens (primary N) is 1. The van der Waals surface area contributed by atoms with Gasteiger partial charge in [-0.3, -0.25) is 14.8 Å². The highest BCUT2D eigenvalue weighted by Gasteiger charge is 2.32. The average Bonchev–Trinajstić information content (AvgIpc) is 2.67. The molecule has 0 aliphatic heterocycles. The second kappa shape index (κ2) is 7.91. The Morgan fingerprint density at radius 1 is 1.17 bits per heavy atom. The summed E-state index contributed by atoms with van der Waals surface area (Å²) in [5.74, 6) is -1.64. The number of carbonyl (C=O) groups excluding carboxylic acids is 1. The fourth-order valence-electron chi connectivity index (χ4n) is 2.85. The lowest BCUT2D eigenvalue weighted by atomic mass is 9.97. The molecule has 0 unspecified atom stereocenters. The average molecular weight is 439 g/mol. The van der Waals surface area contributed by atoms with Gasteiger partial charge in [-0.25, -0.2) is 4.39 Å². The number of anilines is 2. The fourth-order valence-corrected chi connectivity index (χ4v) is 3.10. The highest BCUT2D eigenvalue weighted by atomic mass is 35.5. The lowest BCUT2D eigenvalue weighted by molar-refractivity contribution is -0.141. The van der Waals surface area contributed by atoms with Crippen molar-refractivity contribution in [3.05, 3.63) is 70.0 Å². The van der Waals surface area contributed by atoms with E-state index in [0.29, 0.717) is 22.9 Å². The van der Waals surface area contributed by atoms with Crippen LogP contribution in [0.1, 0.15) is 27.3 Å². The molecule has 0 fully saturated rings. The first-order chi connectivity index (χ1) is 14.0. The minimum absolute atomic E-state index is 0.0836. The van der Waals surface area contributed by atoms with E-state index in [9.17, 15) is 22.4 Å². The molecule has 3 rings (SSSR count). The summed E-state index contributed by atoms with van der Waals surface area (Å²) in [6.07, 6.45) is -2.23. The third kappa shape index (κ3) is 4.20. The van der Waals surface area contributed by atoms with Gasteiger partial charge in [-0.15, -0.1) is 0 Å². The van der Waals surface area contributed by atoms with Crippen molar-refractivity contribution in [1.29, 1.82) is 0 Å². The minimum atomic E-state index is -4.67. The topological polar surface area (TPSA) is 80.9 Å². The molecule has 0 atom stereocenters. The number of aryl methyl sites for hydroxylation is 2. The lowest BCUT2D eigenvalue weighted by Gasteiger charge is -2.14. The second-order valence-corrected chi connectivity index (χ2v) is 6.92. The Morgan fingerprint density at radius 3 is 2.53 bits per heavy atom. The molecule has 3 N–H and O–H groups in total. The van der Waals surface area contributed by atoms with Gasteiger partial charge < -0.3 is 11.1 Å². The minimum Gasteiger partial charge on any atom is -0.397 e. The van der Waals surface area contributed by atoms with Gasteiger partial charge in [-0.05, 0) is 43.7 Å². The van der Waals surface area contributed by atoms with Crippen molar-refractivity contribution < 1.29 is 22.4 Å². The van der Waals surface area contributed by atoms with Crippen LogP contribution in [0.25, 0.3) is 11.1 Å². The predicted molar refractivity (Wildman–Crippen MR) is 106 cm³/mol. The first-order valence-electron chi connectivity index (χ1n) is 8.54. The molecular formula is C20H15ClF4N4O. The molecule has 0 bridgehead atoms. The van der Waals surface area contributed by atoms with Crippen LogP contribution in [0.4, 0.5) is 28.9 Å². The van der Waals surface area contributed by atoms with Gasteiger partial charge in [0.15, 0.2) is 0 Å². The number of hydrogen-bond acceptors (Lipinski definition) is 4. The number of rotatable bonds is 3. The van der Waals surface area contributed by atoms with E-state index in [1.165, 1.54) is 18.3 Å². The number of benzene rings is 1. The van der Waals surface area contributed by atoms with E-state index in [1.807, 2.05) is 0 Å². The van der Waals surface area contributed by atoms with Gasteiger partial charge in [0.25, 0.3) is 5.91 Å². The molecule has 3 aromatic rings. The third-order valence-corrected chi connectivity index (χ3v) is 4.70. The number of pyridine rings is 2. The smallest absolute Gasteiger partial charge is 0.397 e. The predicted octanol–water partition coefficient (Wildman–Crippen LogP) is 5.41. The maximum Gasteiger partial charge on any atom is 0.433 e. The molecule has 30 heavy (non-hydrogen) atoms. The summed E-state index contributed by atoms with van der Waals surface area (Å²) in [5, 5.41) is 2.17. The van der Waals surface area contributed by atoms with Gasteiger partial charge in [-0.1, -0.05) is 11.6 Å². The Labute approximate surface area is 173 Å². The van der Waals surface area contributed by atoms with Crippen LogP contribution in [-0.2, 0) is 6.18 Å². The molecule has 156 valence electrons. The molecule has 5 nitrogen and oxygen atoms in total. The van der Waals surface area contributed by atoms with Gasteiger partial charge in [0, 0.05) is 29.2 Å². The monoisotopic (exact) mass is 438 g/mol. The molecule has 0 radical (unpaired) electrons. The molecular weight excluding hydrogens is 424 g/mol. The molecule has 0 aliphatic rings. The number of alkyl halides is 3. The second-order valence-electron chi connectivity index (χ2n) is 6.51. The van der Waals surface area contributed by atoms with Crippen LogP contribution >= 0.6 is 11.6 Å². The first kappa shape index (κ1) is 21.5. The van der Waals surface area contributed by atoms with E-state index in [4.69, 9.17) is 17.3 Å². The Morgan fingerprint density at radius 2 is 1.87 bits per heavy atom. The van der Waals surface area contributed by atoms with Gasteiger partial charge in [0.05, 0.1) is 22.0 Å². The maximum atomic E-state index is 14.9. The Bertz CT molecular complexity index is 1150. The van der Waals surface area contributed by atoms with Crippen LogP contribution < -0.4 is 11.1 Å². The molecule has 1 aromatic carbocycles. The number of carbonyl (C=O) groups is 1. The molecule has 2 aromatic heterocycles. The van der Waals surface area contributed by atoms with Gasteiger partial charge in [0.1, 0.15) is 11.5 Å². The molecule has 1 amide bonds. The number of amides is 1. The number of halogens is 5. The first-order valence-corrected chi connectivity index (χ1v) is 8.92. The number of nitrogen functional groups attached to an aromatic ring is 1. The van der Waals surface area contributed by atoms with Crippen molar-refractivity contribution in [3.63, 3.8) is 0 Å². The van der Waals surface area contributed by atoms with E-state index in [2.05, 4.69) is 15.3 Å². The Kier molecular flexibility index (Phi) is 5.67. The number of nitrogens with one attached hydrogen (secondary N) is 1. The van der Waals surface area contributed by atoms with E-state index >= 15 is 0 Å². The zero-order chi connectivity index (χ0) is 22.2. The molecule has 0 aliphatic carbocycles. The highest BCUT2D eigenvalue weighted by molar-refractivity contribution is 6.34. The van der Waals surface area contributed by atoms with Gasteiger partial charge >= 0.3 is 6.18 Å². The van der Waals surface area contributed by atoms with Crippen LogP contribution in [0.5, 0.6) is 0 Å². The normalized spacial score (nSPS) is 11.4. The van der Waals surface area contributed by atoms with Crippen molar-refractivity contribution in [3.8, 4) is 11.1 Å². The quantitative estimate of drug-likeness (QED) is 0.536. The van der Waals surface area contributed by atoms with E-state index in [1.54, 1.807) is 13.8 Å². The van der Waals surface area contributed by atoms with Gasteiger partial charge in [0.2, 0.25) is 0 Å². The fraction of sp³-hybridized carbons (Fsp3) is 0.150. The van der Waals surface area contributed by atoms with Crippen molar-refractivity contribution >= 4 is 28.9 Å². The summed E-state index contributed by atoms with van der Waals surface area (Å²) in [6, 6.07) is 4.00. The van der Waals surface area contributed by atoms with Gasteiger partial charge in [-0.2, -0.15) is 13.2 Å². The number of aromatic nitrogens is 2. The van der Waals surface area contributed by atoms with E-state index in [-0.39, 0.29) is 27.5 Å². The summed E-state index contributed by atoms with van der Waals surface area (Å²) in [7, 11) is 0. The summed E-state index contributed by atoms with van der Waals surface area (Å²) >= 11 is 6.18. The lowest BCUT2D eigenvalue weighted by Crippen LogP contribution is -2.15. The number of hydrogen-bond donors (Lipinski definition) is 2. The largest absolute Gasteiger partial charge is 0.433 e. The summed E-state index contributed by atoms with van der Waals surface area (Å²) in [5.41, 5.74) is 6.33. The van der Waals surface area contributed by atoms with Crippen molar-refractivity contribution in [2.45, 2.75) is 20.0 Å². The number of nitrogens with zero attached hydrogens (tertiary/aromatic N) is 2. The van der Waals surface area contributed by atoms with E-state index in [0.717, 1.165) is 12.3 Å². The van der Waals surface area contributed by atoms with E-state index < -0.39 is 23.6 Å². The van der Waals surface area contributed by atoms with Crippen molar-refractivity contribution in [2.24, 2.45) is 0 Å². The maximum absolute atomic E-state index is 14.9. The summed E-state index contributed by atoms with van der Waals surface area (Å²) in [4.78, 5) is 19.8. The summed E-state index contributed by atoms with van der Waals surface area (Å²) in [6.45, 7) is 3.37.